The van der Waals surface area contributed by atoms with Crippen molar-refractivity contribution in [3.05, 3.63) is 68.7 Å². The molecular weight excluding hydrogens is 280 g/mol. The third kappa shape index (κ3) is 2.95. The van der Waals surface area contributed by atoms with Gasteiger partial charge in [-0.05, 0) is 30.7 Å². The number of nitrogens with one attached hydrogen (secondary N) is 1. The van der Waals surface area contributed by atoms with Crippen molar-refractivity contribution >= 4 is 28.9 Å². The van der Waals surface area contributed by atoms with E-state index in [1.165, 1.54) is 12.1 Å². The molecule has 0 saturated carbocycles. The molecule has 2 rings (SSSR count). The number of nitro groups is 1. The molecule has 1 amide bonds. The lowest BCUT2D eigenvalue weighted by atomic mass is 10.1. The number of hydrogen-bond acceptors (Lipinski definition) is 3. The number of hydrogen-bond donors (Lipinski definition) is 1. The largest absolute Gasteiger partial charge is 0.322 e. The van der Waals surface area contributed by atoms with E-state index < -0.39 is 10.8 Å². The SMILES string of the molecule is Cc1ccccc1NC(=O)c1ccc(Cl)cc1[N+](=O)[O-]. The topological polar surface area (TPSA) is 72.2 Å². The molecule has 0 aliphatic carbocycles. The molecule has 102 valence electrons. The number of carbonyl (C=O) groups excluding carboxylic acids is 1. The predicted molar refractivity (Wildman–Crippen MR) is 77.2 cm³/mol. The van der Waals surface area contributed by atoms with Crippen molar-refractivity contribution in [3.63, 3.8) is 0 Å². The number of nitrogens with zero attached hydrogens (tertiary/aromatic N) is 1. The number of benzene rings is 2. The molecule has 0 bridgehead atoms. The monoisotopic (exact) mass is 290 g/mol. The highest BCUT2D eigenvalue weighted by Crippen LogP contribution is 2.24. The molecule has 2 aromatic rings. The molecule has 6 heteroatoms. The van der Waals surface area contributed by atoms with E-state index in [9.17, 15) is 14.9 Å². The van der Waals surface area contributed by atoms with Crippen LogP contribution in [0.5, 0.6) is 0 Å². The first-order chi connectivity index (χ1) is 9.49. The molecule has 0 aromatic heterocycles. The lowest BCUT2D eigenvalue weighted by molar-refractivity contribution is -0.385. The van der Waals surface area contributed by atoms with E-state index in [2.05, 4.69) is 5.32 Å². The maximum absolute atomic E-state index is 12.1. The lowest BCUT2D eigenvalue weighted by Crippen LogP contribution is -2.14. The maximum Gasteiger partial charge on any atom is 0.283 e. The summed E-state index contributed by atoms with van der Waals surface area (Å²) in [4.78, 5) is 22.5. The van der Waals surface area contributed by atoms with Gasteiger partial charge in [-0.1, -0.05) is 29.8 Å². The van der Waals surface area contributed by atoms with Crippen LogP contribution in [-0.2, 0) is 0 Å². The van der Waals surface area contributed by atoms with Gasteiger partial charge in [0.1, 0.15) is 5.56 Å². The van der Waals surface area contributed by atoms with Crippen LogP contribution >= 0.6 is 11.6 Å². The molecule has 0 heterocycles. The normalized spacial score (nSPS) is 10.1. The van der Waals surface area contributed by atoms with Crippen molar-refractivity contribution in [1.29, 1.82) is 0 Å². The van der Waals surface area contributed by atoms with Crippen LogP contribution in [0.2, 0.25) is 5.02 Å². The minimum atomic E-state index is -0.626. The zero-order chi connectivity index (χ0) is 14.7. The van der Waals surface area contributed by atoms with Gasteiger partial charge in [-0.3, -0.25) is 14.9 Å². The zero-order valence-corrected chi connectivity index (χ0v) is 11.3. The van der Waals surface area contributed by atoms with Crippen molar-refractivity contribution in [3.8, 4) is 0 Å². The average molecular weight is 291 g/mol. The Bertz CT molecular complexity index is 686. The number of carbonyl (C=O) groups is 1. The average Bonchev–Trinajstić information content (AvgIpc) is 2.41. The molecule has 0 radical (unpaired) electrons. The first kappa shape index (κ1) is 14.0. The Morgan fingerprint density at radius 3 is 2.60 bits per heavy atom. The molecule has 2 aromatic carbocycles. The van der Waals surface area contributed by atoms with Gasteiger partial charge in [-0.15, -0.1) is 0 Å². The quantitative estimate of drug-likeness (QED) is 0.690. The number of amides is 1. The van der Waals surface area contributed by atoms with Crippen molar-refractivity contribution in [1.82, 2.24) is 0 Å². The van der Waals surface area contributed by atoms with Crippen LogP contribution in [-0.4, -0.2) is 10.8 Å². The highest BCUT2D eigenvalue weighted by molar-refractivity contribution is 6.31. The Labute approximate surface area is 120 Å². The third-order valence-corrected chi connectivity index (χ3v) is 3.03. The Hall–Kier alpha value is -2.40. The van der Waals surface area contributed by atoms with Gasteiger partial charge in [0, 0.05) is 16.8 Å². The summed E-state index contributed by atoms with van der Waals surface area (Å²) < 4.78 is 0. The van der Waals surface area contributed by atoms with Gasteiger partial charge in [0.05, 0.1) is 4.92 Å². The van der Waals surface area contributed by atoms with Crippen molar-refractivity contribution in [2.24, 2.45) is 0 Å². The third-order valence-electron chi connectivity index (χ3n) is 2.79. The fourth-order valence-corrected chi connectivity index (χ4v) is 1.92. The molecule has 0 aliphatic heterocycles. The summed E-state index contributed by atoms with van der Waals surface area (Å²) in [6.45, 7) is 1.84. The van der Waals surface area contributed by atoms with Gasteiger partial charge in [-0.25, -0.2) is 0 Å². The molecule has 0 unspecified atom stereocenters. The van der Waals surface area contributed by atoms with Crippen molar-refractivity contribution < 1.29 is 9.72 Å². The van der Waals surface area contributed by atoms with Gasteiger partial charge in [0.2, 0.25) is 0 Å². The highest BCUT2D eigenvalue weighted by Gasteiger charge is 2.20. The molecule has 0 saturated heterocycles. The van der Waals surface area contributed by atoms with Crippen LogP contribution < -0.4 is 5.32 Å². The number of anilines is 1. The number of halogens is 1. The van der Waals surface area contributed by atoms with Gasteiger partial charge in [-0.2, -0.15) is 0 Å². The van der Waals surface area contributed by atoms with Crippen LogP contribution in [0.4, 0.5) is 11.4 Å². The Morgan fingerprint density at radius 1 is 1.25 bits per heavy atom. The summed E-state index contributed by atoms with van der Waals surface area (Å²) >= 11 is 5.71. The second-order valence-electron chi connectivity index (χ2n) is 4.19. The molecular formula is C14H11ClN2O3. The van der Waals surface area contributed by atoms with E-state index in [1.54, 1.807) is 12.1 Å². The smallest absolute Gasteiger partial charge is 0.283 e. The summed E-state index contributed by atoms with van der Waals surface area (Å²) in [6, 6.07) is 11.1. The fourth-order valence-electron chi connectivity index (χ4n) is 1.75. The van der Waals surface area contributed by atoms with Crippen LogP contribution in [0.3, 0.4) is 0 Å². The summed E-state index contributed by atoms with van der Waals surface area (Å²) in [5.41, 5.74) is 1.14. The fraction of sp³-hybridized carbons (Fsp3) is 0.0714. The first-order valence-electron chi connectivity index (χ1n) is 5.80. The van der Waals surface area contributed by atoms with E-state index >= 15 is 0 Å². The second-order valence-corrected chi connectivity index (χ2v) is 4.62. The standard InChI is InChI=1S/C14H11ClN2O3/c1-9-4-2-3-5-12(9)16-14(18)11-7-6-10(15)8-13(11)17(19)20/h2-8H,1H3,(H,16,18). The summed E-state index contributed by atoms with van der Waals surface area (Å²) in [5.74, 6) is -0.539. The number of rotatable bonds is 3. The first-order valence-corrected chi connectivity index (χ1v) is 6.18. The zero-order valence-electron chi connectivity index (χ0n) is 10.6. The molecule has 1 N–H and O–H groups in total. The minimum Gasteiger partial charge on any atom is -0.322 e. The molecule has 20 heavy (non-hydrogen) atoms. The van der Waals surface area contributed by atoms with Crippen LogP contribution in [0, 0.1) is 17.0 Å². The molecule has 0 spiro atoms. The van der Waals surface area contributed by atoms with Crippen molar-refractivity contribution in [2.45, 2.75) is 6.92 Å². The number of aryl methyl sites for hydroxylation is 1. The number of nitro benzene ring substituents is 1. The Balaban J connectivity index is 2.35. The second kappa shape index (κ2) is 5.71. The van der Waals surface area contributed by atoms with Crippen LogP contribution in [0.1, 0.15) is 15.9 Å². The van der Waals surface area contributed by atoms with Crippen molar-refractivity contribution in [2.75, 3.05) is 5.32 Å². The summed E-state index contributed by atoms with van der Waals surface area (Å²) in [7, 11) is 0. The van der Waals surface area contributed by atoms with E-state index in [4.69, 9.17) is 11.6 Å². The summed E-state index contributed by atoms with van der Waals surface area (Å²) in [6.07, 6.45) is 0. The Morgan fingerprint density at radius 2 is 1.95 bits per heavy atom. The predicted octanol–water partition coefficient (Wildman–Crippen LogP) is 3.81. The maximum atomic E-state index is 12.1. The van der Waals surface area contributed by atoms with Gasteiger partial charge >= 0.3 is 0 Å². The molecule has 5 nitrogen and oxygen atoms in total. The van der Waals surface area contributed by atoms with Crippen LogP contribution in [0.15, 0.2) is 42.5 Å². The lowest BCUT2D eigenvalue weighted by Gasteiger charge is -2.08. The summed E-state index contributed by atoms with van der Waals surface area (Å²) in [5, 5.41) is 13.8. The van der Waals surface area contributed by atoms with E-state index in [1.807, 2.05) is 19.1 Å². The number of para-hydroxylation sites is 1. The van der Waals surface area contributed by atoms with Gasteiger partial charge in [0.25, 0.3) is 11.6 Å². The Kier molecular flexibility index (Phi) is 4.00. The minimum absolute atomic E-state index is 0.0253. The van der Waals surface area contributed by atoms with E-state index in [0.717, 1.165) is 11.6 Å². The highest BCUT2D eigenvalue weighted by atomic mass is 35.5. The van der Waals surface area contributed by atoms with Gasteiger partial charge in [0.15, 0.2) is 0 Å². The van der Waals surface area contributed by atoms with E-state index in [-0.39, 0.29) is 16.3 Å². The van der Waals surface area contributed by atoms with E-state index in [0.29, 0.717) is 5.69 Å². The van der Waals surface area contributed by atoms with Crippen LogP contribution in [0.25, 0.3) is 0 Å². The molecule has 0 aliphatic rings. The van der Waals surface area contributed by atoms with Gasteiger partial charge < -0.3 is 5.32 Å². The molecule has 0 fully saturated rings. The molecule has 0 atom stereocenters.